The fourth-order valence-corrected chi connectivity index (χ4v) is 2.32. The molecule has 5 nitrogen and oxygen atoms in total. The average Bonchev–Trinajstić information content (AvgIpc) is 2.71. The van der Waals surface area contributed by atoms with Crippen molar-refractivity contribution in [1.29, 1.82) is 0 Å². The first-order valence-corrected chi connectivity index (χ1v) is 5.91. The minimum atomic E-state index is -3.43. The van der Waals surface area contributed by atoms with Gasteiger partial charge in [-0.1, -0.05) is 30.3 Å². The molecule has 0 spiro atoms. The Hall–Kier alpha value is -1.69. The molecule has 0 radical (unpaired) electrons. The molecule has 0 N–H and O–H groups in total. The van der Waals surface area contributed by atoms with E-state index in [9.17, 15) is 8.42 Å². The zero-order valence-electron chi connectivity index (χ0n) is 7.81. The second-order valence-electron chi connectivity index (χ2n) is 3.01. The summed E-state index contributed by atoms with van der Waals surface area (Å²) in [5.41, 5.74) is 0.730. The van der Waals surface area contributed by atoms with Gasteiger partial charge in [-0.3, -0.25) is 0 Å². The van der Waals surface area contributed by atoms with Gasteiger partial charge in [-0.05, 0) is 5.56 Å². The Morgan fingerprint density at radius 3 is 2.53 bits per heavy atom. The zero-order valence-corrected chi connectivity index (χ0v) is 8.63. The molecule has 0 aliphatic heterocycles. The highest BCUT2D eigenvalue weighted by atomic mass is 32.2. The predicted molar refractivity (Wildman–Crippen MR) is 54.5 cm³/mol. The van der Waals surface area contributed by atoms with Crippen LogP contribution >= 0.6 is 0 Å². The third-order valence-corrected chi connectivity index (χ3v) is 3.33. The topological polar surface area (TPSA) is 64.8 Å². The van der Waals surface area contributed by atoms with E-state index in [4.69, 9.17) is 0 Å². The lowest BCUT2D eigenvalue weighted by molar-refractivity contribution is 0.579. The van der Waals surface area contributed by atoms with E-state index in [0.717, 1.165) is 9.65 Å². The van der Waals surface area contributed by atoms with E-state index in [1.54, 1.807) is 24.3 Å². The highest BCUT2D eigenvalue weighted by Gasteiger charge is 2.14. The number of hydrogen-bond acceptors (Lipinski definition) is 4. The van der Waals surface area contributed by atoms with Crippen LogP contribution in [0.5, 0.6) is 0 Å². The number of benzene rings is 1. The fourth-order valence-electron chi connectivity index (χ4n) is 1.19. The maximum Gasteiger partial charge on any atom is 0.259 e. The Labute approximate surface area is 87.4 Å². The summed E-state index contributed by atoms with van der Waals surface area (Å²) in [4.78, 5) is 3.60. The molecule has 0 aliphatic carbocycles. The van der Waals surface area contributed by atoms with E-state index in [2.05, 4.69) is 10.1 Å². The molecule has 78 valence electrons. The van der Waals surface area contributed by atoms with Crippen LogP contribution in [0.2, 0.25) is 0 Å². The van der Waals surface area contributed by atoms with Crippen LogP contribution in [-0.2, 0) is 15.8 Å². The molecule has 1 aromatic heterocycles. The fraction of sp³-hybridized carbons (Fsp3) is 0.111. The van der Waals surface area contributed by atoms with E-state index in [1.807, 2.05) is 6.07 Å². The van der Waals surface area contributed by atoms with E-state index >= 15 is 0 Å². The first-order valence-electron chi connectivity index (χ1n) is 4.30. The van der Waals surface area contributed by atoms with E-state index in [1.165, 1.54) is 12.7 Å². The first kappa shape index (κ1) is 9.85. The van der Waals surface area contributed by atoms with E-state index < -0.39 is 10.0 Å². The van der Waals surface area contributed by atoms with Crippen LogP contribution in [0.1, 0.15) is 5.56 Å². The van der Waals surface area contributed by atoms with Crippen molar-refractivity contribution >= 4 is 10.0 Å². The highest BCUT2D eigenvalue weighted by molar-refractivity contribution is 7.89. The third kappa shape index (κ3) is 2.21. The number of rotatable bonds is 3. The molecule has 0 fully saturated rings. The molecule has 0 saturated heterocycles. The molecule has 2 aromatic rings. The Morgan fingerprint density at radius 1 is 1.20 bits per heavy atom. The van der Waals surface area contributed by atoms with Crippen molar-refractivity contribution in [3.8, 4) is 0 Å². The SMILES string of the molecule is O=S(=O)(Cc1ccccc1)n1cncn1. The zero-order chi connectivity index (χ0) is 10.7. The van der Waals surface area contributed by atoms with Gasteiger partial charge >= 0.3 is 0 Å². The van der Waals surface area contributed by atoms with E-state index in [0.29, 0.717) is 0 Å². The molecule has 2 rings (SSSR count). The Bertz CT molecular complexity index is 520. The second kappa shape index (κ2) is 3.82. The summed E-state index contributed by atoms with van der Waals surface area (Å²) in [6.07, 6.45) is 2.38. The van der Waals surface area contributed by atoms with Crippen LogP contribution < -0.4 is 0 Å². The van der Waals surface area contributed by atoms with Crippen molar-refractivity contribution in [3.63, 3.8) is 0 Å². The standard InChI is InChI=1S/C9H9N3O2S/c13-15(14,12-8-10-7-11-12)6-9-4-2-1-3-5-9/h1-5,7-8H,6H2. The van der Waals surface area contributed by atoms with Crippen molar-refractivity contribution in [3.05, 3.63) is 48.5 Å². The largest absolute Gasteiger partial charge is 0.259 e. The third-order valence-electron chi connectivity index (χ3n) is 1.87. The van der Waals surface area contributed by atoms with Gasteiger partial charge in [0, 0.05) is 0 Å². The summed E-state index contributed by atoms with van der Waals surface area (Å²) in [7, 11) is -3.43. The molecule has 15 heavy (non-hydrogen) atoms. The van der Waals surface area contributed by atoms with Crippen molar-refractivity contribution < 1.29 is 8.42 Å². The Morgan fingerprint density at radius 2 is 1.93 bits per heavy atom. The Balaban J connectivity index is 2.27. The maximum atomic E-state index is 11.7. The molecular weight excluding hydrogens is 214 g/mol. The molecule has 0 atom stereocenters. The summed E-state index contributed by atoms with van der Waals surface area (Å²) >= 11 is 0. The predicted octanol–water partition coefficient (Wildman–Crippen LogP) is 0.656. The van der Waals surface area contributed by atoms with E-state index in [-0.39, 0.29) is 5.75 Å². The van der Waals surface area contributed by atoms with Gasteiger partial charge < -0.3 is 0 Å². The van der Waals surface area contributed by atoms with Gasteiger partial charge in [0.2, 0.25) is 0 Å². The van der Waals surface area contributed by atoms with Crippen molar-refractivity contribution in [2.45, 2.75) is 5.75 Å². The molecule has 0 saturated carbocycles. The summed E-state index contributed by atoms with van der Waals surface area (Å²) in [5.74, 6) is -0.0722. The van der Waals surface area contributed by atoms with Crippen molar-refractivity contribution in [2.24, 2.45) is 0 Å². The lowest BCUT2D eigenvalue weighted by atomic mass is 10.2. The first-order chi connectivity index (χ1) is 7.18. The monoisotopic (exact) mass is 223 g/mol. The van der Waals surface area contributed by atoms with Crippen LogP contribution in [0.3, 0.4) is 0 Å². The molecule has 1 aromatic carbocycles. The van der Waals surface area contributed by atoms with Crippen molar-refractivity contribution in [1.82, 2.24) is 14.2 Å². The molecule has 0 unspecified atom stereocenters. The molecular formula is C9H9N3O2S. The highest BCUT2D eigenvalue weighted by Crippen LogP contribution is 2.06. The molecule has 1 heterocycles. The lowest BCUT2D eigenvalue weighted by Crippen LogP contribution is -2.15. The van der Waals surface area contributed by atoms with Crippen LogP contribution in [0.15, 0.2) is 43.0 Å². The molecule has 6 heteroatoms. The summed E-state index contributed by atoms with van der Waals surface area (Å²) in [6.45, 7) is 0. The van der Waals surface area contributed by atoms with Gasteiger partial charge in [0.25, 0.3) is 10.0 Å². The molecule has 0 amide bonds. The summed E-state index contributed by atoms with van der Waals surface area (Å²) in [5, 5.41) is 3.60. The van der Waals surface area contributed by atoms with Crippen LogP contribution in [0, 0.1) is 0 Å². The van der Waals surface area contributed by atoms with Crippen LogP contribution in [0.4, 0.5) is 0 Å². The smallest absolute Gasteiger partial charge is 0.222 e. The minimum absolute atomic E-state index is 0.0722. The number of nitrogens with zero attached hydrogens (tertiary/aromatic N) is 3. The lowest BCUT2D eigenvalue weighted by Gasteiger charge is -2.02. The summed E-state index contributed by atoms with van der Waals surface area (Å²) in [6, 6.07) is 8.95. The molecule has 0 aliphatic rings. The van der Waals surface area contributed by atoms with Gasteiger partial charge in [-0.2, -0.15) is 0 Å². The average molecular weight is 223 g/mol. The van der Waals surface area contributed by atoms with Crippen molar-refractivity contribution in [2.75, 3.05) is 0 Å². The normalized spacial score (nSPS) is 11.5. The Kier molecular flexibility index (Phi) is 2.51. The number of hydrogen-bond donors (Lipinski definition) is 0. The number of aromatic nitrogens is 3. The second-order valence-corrected chi connectivity index (χ2v) is 4.84. The van der Waals surface area contributed by atoms with Gasteiger partial charge in [0.15, 0.2) is 0 Å². The van der Waals surface area contributed by atoms with Gasteiger partial charge in [0.05, 0.1) is 5.75 Å². The molecule has 0 bridgehead atoms. The van der Waals surface area contributed by atoms with Crippen LogP contribution in [-0.4, -0.2) is 22.6 Å². The minimum Gasteiger partial charge on any atom is -0.222 e. The van der Waals surface area contributed by atoms with Gasteiger partial charge in [0.1, 0.15) is 12.7 Å². The summed E-state index contributed by atoms with van der Waals surface area (Å²) < 4.78 is 24.3. The maximum absolute atomic E-state index is 11.7. The van der Waals surface area contributed by atoms with Gasteiger partial charge in [-0.15, -0.1) is 9.19 Å². The van der Waals surface area contributed by atoms with Gasteiger partial charge in [-0.25, -0.2) is 13.4 Å². The quantitative estimate of drug-likeness (QED) is 0.766. The van der Waals surface area contributed by atoms with Crippen LogP contribution in [0.25, 0.3) is 0 Å².